The van der Waals surface area contributed by atoms with Gasteiger partial charge < -0.3 is 34.5 Å². The second-order valence-electron chi connectivity index (χ2n) is 3.56. The molecule has 0 rings (SSSR count). The third-order valence-electron chi connectivity index (χ3n) is 2.12. The van der Waals surface area contributed by atoms with Crippen LogP contribution in [0.4, 0.5) is 0 Å². The van der Waals surface area contributed by atoms with E-state index in [0.717, 1.165) is 45.7 Å². The fourth-order valence-electron chi connectivity index (χ4n) is 1.23. The summed E-state index contributed by atoms with van der Waals surface area (Å²) >= 11 is 0. The molecule has 0 unspecified atom stereocenters. The molecule has 0 bridgehead atoms. The third-order valence-corrected chi connectivity index (χ3v) is 2.12. The number of nitrogens with one attached hydrogen (secondary N) is 2. The molecule has 0 aliphatic heterocycles. The van der Waals surface area contributed by atoms with E-state index in [1.165, 1.54) is 19.3 Å². The number of hydrogen-bond acceptors (Lipinski definition) is 3. The Morgan fingerprint density at radius 2 is 1.27 bits per heavy atom. The van der Waals surface area contributed by atoms with Crippen LogP contribution in [0.25, 0.3) is 0 Å². The summed E-state index contributed by atoms with van der Waals surface area (Å²) in [6, 6.07) is 0. The molecule has 7 N–H and O–H groups in total. The molecule has 94 valence electrons. The molecule has 4 nitrogen and oxygen atoms in total. The highest BCUT2D eigenvalue weighted by molar-refractivity contribution is 4.52. The van der Waals surface area contributed by atoms with E-state index in [9.17, 15) is 0 Å². The first-order valence-corrected chi connectivity index (χ1v) is 5.82. The number of unbranched alkanes of at least 4 members (excludes halogenated alkanes) is 1. The van der Waals surface area contributed by atoms with Gasteiger partial charge in [0.25, 0.3) is 0 Å². The highest BCUT2D eigenvalue weighted by Crippen LogP contribution is 1.84. The number of hydrogen-bond donors (Lipinski definition) is 4. The summed E-state index contributed by atoms with van der Waals surface area (Å²) in [5.74, 6) is 0. The highest BCUT2D eigenvalue weighted by Gasteiger charge is 1.89. The maximum absolute atomic E-state index is 5.38. The van der Waals surface area contributed by atoms with E-state index in [-0.39, 0.29) is 12.4 Å². The predicted molar refractivity (Wildman–Crippen MR) is 61.0 cm³/mol. The molecule has 0 amide bonds. The van der Waals surface area contributed by atoms with Crippen LogP contribution in [-0.4, -0.2) is 39.3 Å². The minimum Gasteiger partial charge on any atom is -1.00 e. The third kappa shape index (κ3) is 16.8. The lowest BCUT2D eigenvalue weighted by molar-refractivity contribution is -0.367. The Morgan fingerprint density at radius 1 is 0.800 bits per heavy atom. The van der Waals surface area contributed by atoms with Gasteiger partial charge in [0.1, 0.15) is 0 Å². The van der Waals surface area contributed by atoms with Gasteiger partial charge in [-0.2, -0.15) is 0 Å². The van der Waals surface area contributed by atoms with Crippen molar-refractivity contribution in [2.75, 3.05) is 39.3 Å². The Morgan fingerprint density at radius 3 is 1.73 bits per heavy atom. The monoisotopic (exact) mass is 238 g/mol. The smallest absolute Gasteiger partial charge is 0.0752 e. The van der Waals surface area contributed by atoms with Crippen molar-refractivity contribution in [3.63, 3.8) is 0 Å². The van der Waals surface area contributed by atoms with Gasteiger partial charge in [0, 0.05) is 13.0 Å². The van der Waals surface area contributed by atoms with Gasteiger partial charge >= 0.3 is 0 Å². The van der Waals surface area contributed by atoms with Crippen molar-refractivity contribution >= 4 is 0 Å². The molecule has 0 aliphatic carbocycles. The van der Waals surface area contributed by atoms with E-state index < -0.39 is 0 Å². The molecule has 0 aromatic heterocycles. The fraction of sp³-hybridized carbons (Fsp3) is 1.00. The van der Waals surface area contributed by atoms with Gasteiger partial charge in [-0.3, -0.25) is 0 Å². The van der Waals surface area contributed by atoms with Crippen molar-refractivity contribution in [1.29, 1.82) is 0 Å². The lowest BCUT2D eigenvalue weighted by atomic mass is 10.3. The Kier molecular flexibility index (Phi) is 19.3. The van der Waals surface area contributed by atoms with Crippen LogP contribution in [0.15, 0.2) is 0 Å². The maximum atomic E-state index is 5.38. The number of rotatable bonds is 11. The molecule has 0 atom stereocenters. The van der Waals surface area contributed by atoms with Crippen LogP contribution in [0.2, 0.25) is 0 Å². The Balaban J connectivity index is 0. The lowest BCUT2D eigenvalue weighted by Gasteiger charge is -2.04. The van der Waals surface area contributed by atoms with Crippen LogP contribution in [0, 0.1) is 0 Å². The van der Waals surface area contributed by atoms with Gasteiger partial charge in [-0.25, -0.2) is 0 Å². The number of halogens is 1. The predicted octanol–water partition coefficient (Wildman–Crippen LogP) is -4.07. The van der Waals surface area contributed by atoms with Crippen molar-refractivity contribution in [2.24, 2.45) is 5.73 Å². The van der Waals surface area contributed by atoms with Crippen molar-refractivity contribution in [2.45, 2.75) is 25.7 Å². The minimum atomic E-state index is 0. The molecular weight excluding hydrogens is 212 g/mol. The zero-order valence-corrected chi connectivity index (χ0v) is 10.5. The molecule has 0 aromatic rings. The SMILES string of the molecule is NCCCNCCCCNCCC[NH3+].[Cl-]. The zero-order valence-electron chi connectivity index (χ0n) is 9.73. The summed E-state index contributed by atoms with van der Waals surface area (Å²) < 4.78 is 0. The first kappa shape index (κ1) is 17.5. The van der Waals surface area contributed by atoms with Crippen LogP contribution >= 0.6 is 0 Å². The average molecular weight is 239 g/mol. The number of nitrogens with two attached hydrogens (primary N) is 1. The van der Waals surface area contributed by atoms with Crippen molar-refractivity contribution in [3.05, 3.63) is 0 Å². The molecule has 0 radical (unpaired) electrons. The van der Waals surface area contributed by atoms with Gasteiger partial charge in [-0.15, -0.1) is 0 Å². The number of quaternary nitrogens is 1. The minimum absolute atomic E-state index is 0. The van der Waals surface area contributed by atoms with E-state index in [1.54, 1.807) is 0 Å². The van der Waals surface area contributed by atoms with Gasteiger partial charge in [0.2, 0.25) is 0 Å². The Hall–Kier alpha value is 0.130. The largest absolute Gasteiger partial charge is 1.00 e. The second-order valence-corrected chi connectivity index (χ2v) is 3.56. The van der Waals surface area contributed by atoms with Crippen LogP contribution in [0.5, 0.6) is 0 Å². The second kappa shape index (κ2) is 16.6. The summed E-state index contributed by atoms with van der Waals surface area (Å²) in [6.07, 6.45) is 4.78. The fourth-order valence-corrected chi connectivity index (χ4v) is 1.23. The van der Waals surface area contributed by atoms with E-state index >= 15 is 0 Å². The quantitative estimate of drug-likeness (QED) is 0.277. The Bertz CT molecular complexity index is 91.4. The van der Waals surface area contributed by atoms with E-state index in [4.69, 9.17) is 5.73 Å². The van der Waals surface area contributed by atoms with Crippen molar-refractivity contribution in [3.8, 4) is 0 Å². The van der Waals surface area contributed by atoms with Crippen LogP contribution in [0.3, 0.4) is 0 Å². The highest BCUT2D eigenvalue weighted by atomic mass is 35.5. The molecule has 0 fully saturated rings. The van der Waals surface area contributed by atoms with Gasteiger partial charge in [0.15, 0.2) is 0 Å². The van der Waals surface area contributed by atoms with Crippen molar-refractivity contribution < 1.29 is 18.1 Å². The first-order valence-electron chi connectivity index (χ1n) is 5.82. The van der Waals surface area contributed by atoms with E-state index in [1.807, 2.05) is 0 Å². The average Bonchev–Trinajstić information content (AvgIpc) is 2.21. The van der Waals surface area contributed by atoms with E-state index in [2.05, 4.69) is 16.4 Å². The van der Waals surface area contributed by atoms with E-state index in [0.29, 0.717) is 0 Å². The molecule has 0 saturated carbocycles. The summed E-state index contributed by atoms with van der Waals surface area (Å²) in [6.45, 7) is 6.26. The molecule has 0 aliphatic rings. The van der Waals surface area contributed by atoms with Crippen LogP contribution in [0.1, 0.15) is 25.7 Å². The van der Waals surface area contributed by atoms with Crippen LogP contribution < -0.4 is 34.5 Å². The molecule has 0 spiro atoms. The van der Waals surface area contributed by atoms with Gasteiger partial charge in [-0.05, 0) is 45.4 Å². The molecule has 0 heterocycles. The molecule has 5 heteroatoms. The molecule has 15 heavy (non-hydrogen) atoms. The molecular formula is C10H27ClN4. The summed E-state index contributed by atoms with van der Waals surface area (Å²) in [5, 5.41) is 6.77. The maximum Gasteiger partial charge on any atom is 0.0752 e. The summed E-state index contributed by atoms with van der Waals surface area (Å²) in [4.78, 5) is 0. The summed E-state index contributed by atoms with van der Waals surface area (Å²) in [7, 11) is 0. The van der Waals surface area contributed by atoms with Crippen LogP contribution in [-0.2, 0) is 0 Å². The van der Waals surface area contributed by atoms with Crippen molar-refractivity contribution in [1.82, 2.24) is 10.6 Å². The zero-order chi connectivity index (χ0) is 10.5. The lowest BCUT2D eigenvalue weighted by Crippen LogP contribution is -3.00. The Labute approximate surface area is 100.0 Å². The molecule has 0 aromatic carbocycles. The van der Waals surface area contributed by atoms with Gasteiger partial charge in [0.05, 0.1) is 6.54 Å². The topological polar surface area (TPSA) is 77.7 Å². The molecule has 0 saturated heterocycles. The van der Waals surface area contributed by atoms with Gasteiger partial charge in [-0.1, -0.05) is 0 Å². The summed E-state index contributed by atoms with van der Waals surface area (Å²) in [5.41, 5.74) is 9.18. The standard InChI is InChI=1S/C10H26N4.ClH/c11-5-3-9-13-7-1-2-8-14-10-4-6-12;/h13-14H,1-12H2;1H. The normalized spacial score (nSPS) is 10.0. The first-order chi connectivity index (χ1) is 6.91.